The Labute approximate surface area is 207 Å². The van der Waals surface area contributed by atoms with Crippen LogP contribution in [-0.4, -0.2) is 30.9 Å². The van der Waals surface area contributed by atoms with Gasteiger partial charge in [0.15, 0.2) is 5.65 Å². The van der Waals surface area contributed by atoms with Crippen molar-refractivity contribution in [1.82, 2.24) is 29.6 Å². The van der Waals surface area contributed by atoms with Gasteiger partial charge in [0.1, 0.15) is 11.2 Å². The standard InChI is InChI=1S/C26H27FN8O/c1-15(2)34-24(36)19-13-31-25(32-21-10-16-5-7-29-12-17(16)9-20(21)27)33-23(19)35(34)18-6-8-30-22(11-18)26(3,4)14-28/h6,8-11,13,15,29H,5,7,12H2,1-4H3,(H,31,32,33). The minimum atomic E-state index is -0.816. The topological polar surface area (TPSA) is 113 Å². The van der Waals surface area contributed by atoms with E-state index in [1.807, 2.05) is 13.8 Å². The van der Waals surface area contributed by atoms with Crippen molar-refractivity contribution < 1.29 is 4.39 Å². The summed E-state index contributed by atoms with van der Waals surface area (Å²) >= 11 is 0. The second-order valence-electron chi connectivity index (χ2n) is 9.77. The van der Waals surface area contributed by atoms with Gasteiger partial charge in [-0.05, 0) is 76.1 Å². The molecule has 1 aliphatic rings. The van der Waals surface area contributed by atoms with Crippen molar-refractivity contribution in [2.45, 2.75) is 52.1 Å². The fourth-order valence-electron chi connectivity index (χ4n) is 4.44. The predicted octanol–water partition coefficient (Wildman–Crippen LogP) is 3.89. The SMILES string of the molecule is CC(C)n1c(=O)c2cnc(Nc3cc4c(cc3F)CNCC4)nc2n1-c1ccnc(C(C)(C)C#N)c1. The average Bonchev–Trinajstić information content (AvgIpc) is 3.16. The van der Waals surface area contributed by atoms with Gasteiger partial charge in [0.05, 0.1) is 28.6 Å². The lowest BCUT2D eigenvalue weighted by Crippen LogP contribution is -2.24. The van der Waals surface area contributed by atoms with E-state index in [0.29, 0.717) is 29.0 Å². The Hall–Kier alpha value is -4.10. The fraction of sp³-hybridized carbons (Fsp3) is 0.346. The first-order chi connectivity index (χ1) is 17.2. The summed E-state index contributed by atoms with van der Waals surface area (Å²) in [5.41, 5.74) is 2.84. The number of pyridine rings is 1. The summed E-state index contributed by atoms with van der Waals surface area (Å²) in [7, 11) is 0. The van der Waals surface area contributed by atoms with Crippen LogP contribution in [0, 0.1) is 17.1 Å². The first kappa shape index (κ1) is 23.6. The zero-order chi connectivity index (χ0) is 25.6. The summed E-state index contributed by atoms with van der Waals surface area (Å²) in [5.74, 6) is -0.215. The maximum absolute atomic E-state index is 14.8. The Morgan fingerprint density at radius 1 is 1.22 bits per heavy atom. The maximum atomic E-state index is 14.8. The highest BCUT2D eigenvalue weighted by atomic mass is 19.1. The number of nitriles is 1. The maximum Gasteiger partial charge on any atom is 0.278 e. The van der Waals surface area contributed by atoms with Gasteiger partial charge in [0, 0.05) is 25.0 Å². The van der Waals surface area contributed by atoms with Crippen molar-refractivity contribution in [3.8, 4) is 11.8 Å². The molecule has 0 bridgehead atoms. The molecule has 10 heteroatoms. The average molecular weight is 487 g/mol. The highest BCUT2D eigenvalue weighted by molar-refractivity contribution is 5.77. The van der Waals surface area contributed by atoms with Gasteiger partial charge in [-0.3, -0.25) is 9.78 Å². The number of anilines is 2. The fourth-order valence-corrected chi connectivity index (χ4v) is 4.44. The summed E-state index contributed by atoms with van der Waals surface area (Å²) in [6, 6.07) is 8.96. The van der Waals surface area contributed by atoms with Crippen LogP contribution >= 0.6 is 0 Å². The third-order valence-corrected chi connectivity index (χ3v) is 6.44. The molecule has 0 saturated carbocycles. The molecule has 4 aromatic rings. The summed E-state index contributed by atoms with van der Waals surface area (Å²) in [6.07, 6.45) is 3.89. The van der Waals surface area contributed by atoms with Gasteiger partial charge in [-0.25, -0.2) is 18.7 Å². The highest BCUT2D eigenvalue weighted by Crippen LogP contribution is 2.27. The van der Waals surface area contributed by atoms with E-state index in [1.54, 1.807) is 47.6 Å². The van der Waals surface area contributed by atoms with Gasteiger partial charge in [-0.15, -0.1) is 0 Å². The highest BCUT2D eigenvalue weighted by Gasteiger charge is 2.24. The molecule has 2 N–H and O–H groups in total. The van der Waals surface area contributed by atoms with E-state index in [2.05, 4.69) is 31.7 Å². The molecule has 1 aromatic carbocycles. The minimum absolute atomic E-state index is 0.177. The van der Waals surface area contributed by atoms with Crippen LogP contribution in [0.2, 0.25) is 0 Å². The summed E-state index contributed by atoms with van der Waals surface area (Å²) < 4.78 is 18.1. The van der Waals surface area contributed by atoms with Gasteiger partial charge < -0.3 is 10.6 Å². The van der Waals surface area contributed by atoms with E-state index in [1.165, 1.54) is 12.3 Å². The van der Waals surface area contributed by atoms with Crippen LogP contribution in [0.5, 0.6) is 0 Å². The molecule has 0 fully saturated rings. The van der Waals surface area contributed by atoms with Crippen molar-refractivity contribution in [2.75, 3.05) is 11.9 Å². The van der Waals surface area contributed by atoms with Gasteiger partial charge in [0.25, 0.3) is 5.56 Å². The molecule has 0 radical (unpaired) electrons. The quantitative estimate of drug-likeness (QED) is 0.440. The summed E-state index contributed by atoms with van der Waals surface area (Å²) in [6.45, 7) is 8.86. The zero-order valence-electron chi connectivity index (χ0n) is 20.6. The first-order valence-corrected chi connectivity index (χ1v) is 11.9. The van der Waals surface area contributed by atoms with Crippen LogP contribution in [0.3, 0.4) is 0 Å². The Morgan fingerprint density at radius 2 is 2.03 bits per heavy atom. The molecule has 0 amide bonds. The molecule has 0 aliphatic carbocycles. The molecule has 0 spiro atoms. The van der Waals surface area contributed by atoms with Gasteiger partial charge in [-0.2, -0.15) is 10.2 Å². The van der Waals surface area contributed by atoms with E-state index in [0.717, 1.165) is 24.1 Å². The lowest BCUT2D eigenvalue weighted by molar-refractivity contribution is 0.475. The van der Waals surface area contributed by atoms with E-state index in [9.17, 15) is 14.4 Å². The summed E-state index contributed by atoms with van der Waals surface area (Å²) in [5, 5.41) is 16.2. The van der Waals surface area contributed by atoms with Crippen molar-refractivity contribution in [2.24, 2.45) is 0 Å². The number of aromatic nitrogens is 5. The monoisotopic (exact) mass is 486 g/mol. The first-order valence-electron chi connectivity index (χ1n) is 11.9. The van der Waals surface area contributed by atoms with Gasteiger partial charge in [-0.1, -0.05) is 0 Å². The van der Waals surface area contributed by atoms with Gasteiger partial charge in [0.2, 0.25) is 5.95 Å². The molecular weight excluding hydrogens is 459 g/mol. The van der Waals surface area contributed by atoms with E-state index < -0.39 is 11.2 Å². The van der Waals surface area contributed by atoms with Crippen LogP contribution in [0.4, 0.5) is 16.0 Å². The van der Waals surface area contributed by atoms with Crippen molar-refractivity contribution in [1.29, 1.82) is 5.26 Å². The Balaban J connectivity index is 1.65. The van der Waals surface area contributed by atoms with E-state index in [-0.39, 0.29) is 23.2 Å². The largest absolute Gasteiger partial charge is 0.322 e. The molecule has 0 saturated heterocycles. The number of nitrogens with zero attached hydrogens (tertiary/aromatic N) is 6. The Morgan fingerprint density at radius 3 is 2.78 bits per heavy atom. The Bertz CT molecular complexity index is 1580. The number of hydrogen-bond donors (Lipinski definition) is 2. The lowest BCUT2D eigenvalue weighted by Gasteiger charge is -2.19. The number of halogens is 1. The molecule has 0 atom stereocenters. The van der Waals surface area contributed by atoms with Gasteiger partial charge >= 0.3 is 0 Å². The smallest absolute Gasteiger partial charge is 0.278 e. The lowest BCUT2D eigenvalue weighted by atomic mass is 9.91. The number of rotatable bonds is 5. The molecule has 1 aliphatic heterocycles. The molecule has 0 unspecified atom stereocenters. The van der Waals surface area contributed by atoms with Crippen LogP contribution in [-0.2, 0) is 18.4 Å². The van der Waals surface area contributed by atoms with Crippen LogP contribution in [0.15, 0.2) is 41.5 Å². The molecule has 3 aromatic heterocycles. The summed E-state index contributed by atoms with van der Waals surface area (Å²) in [4.78, 5) is 26.6. The molecule has 36 heavy (non-hydrogen) atoms. The zero-order valence-corrected chi connectivity index (χ0v) is 20.6. The molecule has 5 rings (SSSR count). The molecule has 4 heterocycles. The van der Waals surface area contributed by atoms with Crippen LogP contribution in [0.25, 0.3) is 16.7 Å². The second kappa shape index (κ2) is 8.84. The van der Waals surface area contributed by atoms with E-state index in [4.69, 9.17) is 0 Å². The number of hydrogen-bond acceptors (Lipinski definition) is 7. The minimum Gasteiger partial charge on any atom is -0.322 e. The normalized spacial score (nSPS) is 13.6. The Kier molecular flexibility index (Phi) is 5.80. The van der Waals surface area contributed by atoms with Crippen LogP contribution in [0.1, 0.15) is 50.6 Å². The third kappa shape index (κ3) is 4.01. The van der Waals surface area contributed by atoms with E-state index >= 15 is 0 Å². The number of fused-ring (bicyclic) bond motifs is 2. The molecular formula is C26H27FN8O. The van der Waals surface area contributed by atoms with Crippen molar-refractivity contribution in [3.63, 3.8) is 0 Å². The van der Waals surface area contributed by atoms with Crippen molar-refractivity contribution >= 4 is 22.7 Å². The molecule has 184 valence electrons. The predicted molar refractivity (Wildman–Crippen MR) is 135 cm³/mol. The van der Waals surface area contributed by atoms with Crippen LogP contribution < -0.4 is 16.2 Å². The number of benzene rings is 1. The number of nitrogens with one attached hydrogen (secondary N) is 2. The molecule has 9 nitrogen and oxygen atoms in total. The third-order valence-electron chi connectivity index (χ3n) is 6.44. The van der Waals surface area contributed by atoms with Crippen molar-refractivity contribution in [3.05, 3.63) is 69.7 Å². The second-order valence-corrected chi connectivity index (χ2v) is 9.77.